The second-order valence-corrected chi connectivity index (χ2v) is 8.05. The normalized spacial score (nSPS) is 18.7. The first kappa shape index (κ1) is 21.1. The number of rotatable bonds is 5. The van der Waals surface area contributed by atoms with E-state index in [9.17, 15) is 9.90 Å². The number of hydrogen-bond acceptors (Lipinski definition) is 5. The van der Waals surface area contributed by atoms with Crippen LogP contribution in [0.25, 0.3) is 5.69 Å². The van der Waals surface area contributed by atoms with E-state index in [1.807, 2.05) is 49.0 Å². The molecule has 1 fully saturated rings. The van der Waals surface area contributed by atoms with Crippen molar-refractivity contribution in [2.45, 2.75) is 38.8 Å². The van der Waals surface area contributed by atoms with E-state index in [1.165, 1.54) is 0 Å². The fraction of sp³-hybridized carbons (Fsp3) is 0.333. The van der Waals surface area contributed by atoms with Gasteiger partial charge in [-0.3, -0.25) is 4.79 Å². The SMILES string of the molecule is Cc1c(Cc2ccc(-n3cccn3)cc2)cc(C(=O)N[C@H]2CCOC[C@@H]2O)c(N)c1C. The molecule has 7 nitrogen and oxygen atoms in total. The Kier molecular flexibility index (Phi) is 6.06. The molecule has 1 aliphatic heterocycles. The van der Waals surface area contributed by atoms with Gasteiger partial charge in [0.2, 0.25) is 0 Å². The van der Waals surface area contributed by atoms with Crippen molar-refractivity contribution in [2.75, 3.05) is 18.9 Å². The summed E-state index contributed by atoms with van der Waals surface area (Å²) in [5.74, 6) is -0.262. The first-order valence-electron chi connectivity index (χ1n) is 10.5. The van der Waals surface area contributed by atoms with Gasteiger partial charge in [-0.05, 0) is 73.2 Å². The summed E-state index contributed by atoms with van der Waals surface area (Å²) in [6.07, 6.45) is 4.21. The van der Waals surface area contributed by atoms with Gasteiger partial charge < -0.3 is 20.9 Å². The lowest BCUT2D eigenvalue weighted by Gasteiger charge is -2.28. The quantitative estimate of drug-likeness (QED) is 0.551. The molecule has 4 rings (SSSR count). The van der Waals surface area contributed by atoms with Crippen LogP contribution in [0, 0.1) is 13.8 Å². The minimum absolute atomic E-state index is 0.229. The third-order valence-electron chi connectivity index (χ3n) is 6.04. The van der Waals surface area contributed by atoms with Crippen LogP contribution in [0.3, 0.4) is 0 Å². The molecule has 0 spiro atoms. The smallest absolute Gasteiger partial charge is 0.253 e. The molecule has 3 aromatic rings. The number of aromatic nitrogens is 2. The number of nitrogens with two attached hydrogens (primary N) is 1. The summed E-state index contributed by atoms with van der Waals surface area (Å²) in [5, 5.41) is 17.3. The molecule has 0 aliphatic carbocycles. The highest BCUT2D eigenvalue weighted by molar-refractivity contribution is 6.00. The van der Waals surface area contributed by atoms with Crippen molar-refractivity contribution in [3.8, 4) is 5.69 Å². The largest absolute Gasteiger partial charge is 0.398 e. The molecule has 1 aliphatic rings. The van der Waals surface area contributed by atoms with Crippen LogP contribution in [0.5, 0.6) is 0 Å². The zero-order valence-corrected chi connectivity index (χ0v) is 17.8. The van der Waals surface area contributed by atoms with E-state index >= 15 is 0 Å². The van der Waals surface area contributed by atoms with E-state index < -0.39 is 6.10 Å². The van der Waals surface area contributed by atoms with Gasteiger partial charge in [0.05, 0.1) is 30.0 Å². The van der Waals surface area contributed by atoms with Crippen LogP contribution in [0.4, 0.5) is 5.69 Å². The van der Waals surface area contributed by atoms with Crippen molar-refractivity contribution >= 4 is 11.6 Å². The van der Waals surface area contributed by atoms with E-state index in [-0.39, 0.29) is 18.6 Å². The summed E-state index contributed by atoms with van der Waals surface area (Å²) < 4.78 is 7.06. The third-order valence-corrected chi connectivity index (χ3v) is 6.04. The number of carbonyl (C=O) groups excluding carboxylic acids is 1. The topological polar surface area (TPSA) is 102 Å². The van der Waals surface area contributed by atoms with Crippen molar-refractivity contribution in [3.05, 3.63) is 76.6 Å². The van der Waals surface area contributed by atoms with Crippen molar-refractivity contribution in [2.24, 2.45) is 0 Å². The summed E-state index contributed by atoms with van der Waals surface area (Å²) >= 11 is 0. The van der Waals surface area contributed by atoms with Gasteiger partial charge in [-0.1, -0.05) is 12.1 Å². The molecule has 0 radical (unpaired) electrons. The minimum atomic E-state index is -0.710. The summed E-state index contributed by atoms with van der Waals surface area (Å²) in [5.41, 5.74) is 12.4. The second kappa shape index (κ2) is 8.91. The molecule has 0 unspecified atom stereocenters. The minimum Gasteiger partial charge on any atom is -0.398 e. The van der Waals surface area contributed by atoms with Crippen molar-refractivity contribution in [1.82, 2.24) is 15.1 Å². The second-order valence-electron chi connectivity index (χ2n) is 8.05. The van der Waals surface area contributed by atoms with Gasteiger partial charge in [-0.2, -0.15) is 5.10 Å². The number of ether oxygens (including phenoxy) is 1. The van der Waals surface area contributed by atoms with Crippen LogP contribution in [0.15, 0.2) is 48.8 Å². The Bertz CT molecular complexity index is 1060. The molecule has 1 amide bonds. The van der Waals surface area contributed by atoms with Crippen LogP contribution in [-0.4, -0.2) is 46.2 Å². The number of nitrogens with one attached hydrogen (secondary N) is 1. The number of amides is 1. The first-order chi connectivity index (χ1) is 14.9. The van der Waals surface area contributed by atoms with Crippen molar-refractivity contribution in [3.63, 3.8) is 0 Å². The van der Waals surface area contributed by atoms with E-state index in [0.717, 1.165) is 27.9 Å². The number of nitrogens with zero attached hydrogens (tertiary/aromatic N) is 2. The van der Waals surface area contributed by atoms with Crippen LogP contribution in [0.1, 0.15) is 39.0 Å². The van der Waals surface area contributed by atoms with Gasteiger partial charge in [-0.15, -0.1) is 0 Å². The standard InChI is InChI=1S/C24H28N4O3/c1-15-16(2)23(25)20(24(30)27-21-8-11-31-14-22(21)29)13-18(15)12-17-4-6-19(7-5-17)28-10-3-9-26-28/h3-7,9-10,13,21-22,29H,8,11-12,14,25H2,1-2H3,(H,27,30)/t21-,22-/m0/s1. The molecular weight excluding hydrogens is 392 g/mol. The average Bonchev–Trinajstić information content (AvgIpc) is 3.31. The van der Waals surface area contributed by atoms with Crippen LogP contribution < -0.4 is 11.1 Å². The highest BCUT2D eigenvalue weighted by Gasteiger charge is 2.26. The Balaban J connectivity index is 1.56. The lowest BCUT2D eigenvalue weighted by molar-refractivity contribution is -0.0260. The molecule has 0 bridgehead atoms. The zero-order valence-electron chi connectivity index (χ0n) is 17.8. The summed E-state index contributed by atoms with van der Waals surface area (Å²) in [6.45, 7) is 4.72. The van der Waals surface area contributed by atoms with E-state index in [4.69, 9.17) is 10.5 Å². The predicted octanol–water partition coefficient (Wildman–Crippen LogP) is 2.54. The molecule has 1 saturated heterocycles. The summed E-state index contributed by atoms with van der Waals surface area (Å²) in [4.78, 5) is 13.0. The van der Waals surface area contributed by atoms with E-state index in [1.54, 1.807) is 6.20 Å². The molecule has 7 heteroatoms. The Morgan fingerprint density at radius 3 is 2.74 bits per heavy atom. The number of aliphatic hydroxyl groups excluding tert-OH is 1. The highest BCUT2D eigenvalue weighted by atomic mass is 16.5. The lowest BCUT2D eigenvalue weighted by atomic mass is 9.92. The molecule has 2 atom stereocenters. The fourth-order valence-corrected chi connectivity index (χ4v) is 3.92. The molecule has 4 N–H and O–H groups in total. The van der Waals surface area contributed by atoms with Crippen LogP contribution >= 0.6 is 0 Å². The Labute approximate surface area is 181 Å². The Morgan fingerprint density at radius 2 is 2.06 bits per heavy atom. The molecule has 31 heavy (non-hydrogen) atoms. The van der Waals surface area contributed by atoms with Gasteiger partial charge in [-0.25, -0.2) is 4.68 Å². The molecule has 0 saturated carbocycles. The first-order valence-corrected chi connectivity index (χ1v) is 10.5. The van der Waals surface area contributed by atoms with E-state index in [2.05, 4.69) is 22.5 Å². The average molecular weight is 421 g/mol. The number of hydrogen-bond donors (Lipinski definition) is 3. The number of nitrogen functional groups attached to an aromatic ring is 1. The predicted molar refractivity (Wildman–Crippen MR) is 119 cm³/mol. The molecule has 2 aromatic carbocycles. The van der Waals surface area contributed by atoms with E-state index in [0.29, 0.717) is 30.7 Å². The molecule has 162 valence electrons. The van der Waals surface area contributed by atoms with Crippen LogP contribution in [0.2, 0.25) is 0 Å². The van der Waals surface area contributed by atoms with Gasteiger partial charge >= 0.3 is 0 Å². The summed E-state index contributed by atoms with van der Waals surface area (Å²) in [6, 6.07) is 11.6. The van der Waals surface area contributed by atoms with Gasteiger partial charge in [0.15, 0.2) is 0 Å². The number of benzene rings is 2. The molecule has 1 aromatic heterocycles. The van der Waals surface area contributed by atoms with Crippen molar-refractivity contribution < 1.29 is 14.6 Å². The van der Waals surface area contributed by atoms with Gasteiger partial charge in [0, 0.05) is 24.7 Å². The lowest BCUT2D eigenvalue weighted by Crippen LogP contribution is -2.48. The molecular formula is C24H28N4O3. The number of anilines is 1. The maximum Gasteiger partial charge on any atom is 0.253 e. The third kappa shape index (κ3) is 4.47. The van der Waals surface area contributed by atoms with Crippen molar-refractivity contribution in [1.29, 1.82) is 0 Å². The van der Waals surface area contributed by atoms with Crippen LogP contribution in [-0.2, 0) is 11.2 Å². The fourth-order valence-electron chi connectivity index (χ4n) is 3.92. The maximum atomic E-state index is 13.0. The Hall–Kier alpha value is -3.16. The van der Waals surface area contributed by atoms with Gasteiger partial charge in [0.1, 0.15) is 0 Å². The number of carbonyl (C=O) groups is 1. The number of aliphatic hydroxyl groups is 1. The van der Waals surface area contributed by atoms with Gasteiger partial charge in [0.25, 0.3) is 5.91 Å². The monoisotopic (exact) mass is 420 g/mol. The maximum absolute atomic E-state index is 13.0. The highest BCUT2D eigenvalue weighted by Crippen LogP contribution is 2.27. The zero-order chi connectivity index (χ0) is 22.0. The molecule has 2 heterocycles. The summed E-state index contributed by atoms with van der Waals surface area (Å²) in [7, 11) is 0. The Morgan fingerprint density at radius 1 is 1.29 bits per heavy atom.